The van der Waals surface area contributed by atoms with Gasteiger partial charge in [0.25, 0.3) is 5.91 Å². The third-order valence-corrected chi connectivity index (χ3v) is 4.14. The number of benzene rings is 1. The molecule has 1 aliphatic heterocycles. The van der Waals surface area contributed by atoms with E-state index >= 15 is 0 Å². The third-order valence-electron chi connectivity index (χ3n) is 4.14. The van der Waals surface area contributed by atoms with Crippen molar-refractivity contribution in [3.05, 3.63) is 48.2 Å². The molecule has 0 unspecified atom stereocenters. The van der Waals surface area contributed by atoms with E-state index in [0.29, 0.717) is 12.5 Å². The van der Waals surface area contributed by atoms with E-state index in [-0.39, 0.29) is 5.91 Å². The normalized spacial score (nSPS) is 14.6. The summed E-state index contributed by atoms with van der Waals surface area (Å²) in [6, 6.07) is 11.6. The molecule has 1 aromatic carbocycles. The Morgan fingerprint density at radius 3 is 2.57 bits per heavy atom. The number of ether oxygens (including phenoxy) is 1. The van der Waals surface area contributed by atoms with E-state index in [0.717, 1.165) is 42.6 Å². The second-order valence-electron chi connectivity index (χ2n) is 5.72. The molecule has 0 saturated carbocycles. The SMILES string of the molecule is CCOc1ncccc1-c1ccc(C(=O)N2CCCCC2)cc1. The highest BCUT2D eigenvalue weighted by Crippen LogP contribution is 2.28. The van der Waals surface area contributed by atoms with Crippen LogP contribution in [0, 0.1) is 0 Å². The molecule has 0 bridgehead atoms. The molecule has 0 atom stereocenters. The van der Waals surface area contributed by atoms with Gasteiger partial charge in [-0.3, -0.25) is 4.79 Å². The number of amides is 1. The number of hydrogen-bond donors (Lipinski definition) is 0. The van der Waals surface area contributed by atoms with Crippen LogP contribution in [0.1, 0.15) is 36.5 Å². The van der Waals surface area contributed by atoms with E-state index in [1.54, 1.807) is 6.20 Å². The van der Waals surface area contributed by atoms with Crippen molar-refractivity contribution in [1.82, 2.24) is 9.88 Å². The number of nitrogens with zero attached hydrogens (tertiary/aromatic N) is 2. The van der Waals surface area contributed by atoms with Crippen molar-refractivity contribution in [2.75, 3.05) is 19.7 Å². The van der Waals surface area contributed by atoms with E-state index in [1.165, 1.54) is 6.42 Å². The second kappa shape index (κ2) is 7.27. The summed E-state index contributed by atoms with van der Waals surface area (Å²) >= 11 is 0. The number of pyridine rings is 1. The highest BCUT2D eigenvalue weighted by atomic mass is 16.5. The Morgan fingerprint density at radius 2 is 1.87 bits per heavy atom. The smallest absolute Gasteiger partial charge is 0.253 e. The molecule has 120 valence electrons. The predicted molar refractivity (Wildman–Crippen MR) is 90.6 cm³/mol. The molecule has 0 N–H and O–H groups in total. The van der Waals surface area contributed by atoms with Crippen LogP contribution in [-0.2, 0) is 0 Å². The van der Waals surface area contributed by atoms with Crippen LogP contribution >= 0.6 is 0 Å². The third kappa shape index (κ3) is 3.52. The summed E-state index contributed by atoms with van der Waals surface area (Å²) in [7, 11) is 0. The summed E-state index contributed by atoms with van der Waals surface area (Å²) in [5.41, 5.74) is 2.71. The van der Waals surface area contributed by atoms with Crippen LogP contribution < -0.4 is 4.74 Å². The molecule has 4 nitrogen and oxygen atoms in total. The molecule has 4 heteroatoms. The monoisotopic (exact) mass is 310 g/mol. The predicted octanol–water partition coefficient (Wildman–Crippen LogP) is 3.77. The van der Waals surface area contributed by atoms with Crippen molar-refractivity contribution in [1.29, 1.82) is 0 Å². The van der Waals surface area contributed by atoms with Crippen LogP contribution in [0.25, 0.3) is 11.1 Å². The minimum Gasteiger partial charge on any atom is -0.478 e. The quantitative estimate of drug-likeness (QED) is 0.863. The average molecular weight is 310 g/mol. The Hall–Kier alpha value is -2.36. The summed E-state index contributed by atoms with van der Waals surface area (Å²) in [6.45, 7) is 4.27. The molecule has 1 fully saturated rings. The molecule has 0 aliphatic carbocycles. The Kier molecular flexibility index (Phi) is 4.91. The maximum atomic E-state index is 12.5. The van der Waals surface area contributed by atoms with Gasteiger partial charge in [0.05, 0.1) is 6.61 Å². The molecule has 1 amide bonds. The minimum absolute atomic E-state index is 0.132. The van der Waals surface area contributed by atoms with Crippen molar-refractivity contribution < 1.29 is 9.53 Å². The maximum absolute atomic E-state index is 12.5. The zero-order chi connectivity index (χ0) is 16.1. The van der Waals surface area contributed by atoms with Crippen molar-refractivity contribution in [3.63, 3.8) is 0 Å². The first kappa shape index (κ1) is 15.5. The average Bonchev–Trinajstić information content (AvgIpc) is 2.63. The van der Waals surface area contributed by atoms with Crippen molar-refractivity contribution in [2.45, 2.75) is 26.2 Å². The van der Waals surface area contributed by atoms with Gasteiger partial charge in [-0.2, -0.15) is 0 Å². The zero-order valence-electron chi connectivity index (χ0n) is 13.5. The van der Waals surface area contributed by atoms with E-state index in [9.17, 15) is 4.79 Å². The fraction of sp³-hybridized carbons (Fsp3) is 0.368. The number of aromatic nitrogens is 1. The van der Waals surface area contributed by atoms with Gasteiger partial charge < -0.3 is 9.64 Å². The summed E-state index contributed by atoms with van der Waals surface area (Å²) in [5, 5.41) is 0. The molecule has 2 heterocycles. The lowest BCUT2D eigenvalue weighted by Gasteiger charge is -2.26. The van der Waals surface area contributed by atoms with Crippen LogP contribution in [0.2, 0.25) is 0 Å². The molecule has 1 aliphatic rings. The fourth-order valence-corrected chi connectivity index (χ4v) is 2.93. The first-order valence-electron chi connectivity index (χ1n) is 8.27. The zero-order valence-corrected chi connectivity index (χ0v) is 13.5. The lowest BCUT2D eigenvalue weighted by molar-refractivity contribution is 0.0724. The van der Waals surface area contributed by atoms with Gasteiger partial charge in [-0.1, -0.05) is 12.1 Å². The van der Waals surface area contributed by atoms with Crippen LogP contribution in [0.4, 0.5) is 0 Å². The van der Waals surface area contributed by atoms with Gasteiger partial charge in [0.2, 0.25) is 5.88 Å². The standard InChI is InChI=1S/C19H22N2O2/c1-2-23-18-17(7-6-12-20-18)15-8-10-16(11-9-15)19(22)21-13-4-3-5-14-21/h6-12H,2-5,13-14H2,1H3. The number of carbonyl (C=O) groups excluding carboxylic acids is 1. The molecule has 1 aromatic heterocycles. The van der Waals surface area contributed by atoms with Crippen molar-refractivity contribution in [3.8, 4) is 17.0 Å². The number of likely N-dealkylation sites (tertiary alicyclic amines) is 1. The van der Waals surface area contributed by atoms with Gasteiger partial charge in [-0.25, -0.2) is 4.98 Å². The van der Waals surface area contributed by atoms with E-state index in [4.69, 9.17) is 4.74 Å². The van der Waals surface area contributed by atoms with E-state index in [1.807, 2.05) is 48.2 Å². The van der Waals surface area contributed by atoms with E-state index in [2.05, 4.69) is 4.98 Å². The molecule has 23 heavy (non-hydrogen) atoms. The largest absolute Gasteiger partial charge is 0.478 e. The minimum atomic E-state index is 0.132. The van der Waals surface area contributed by atoms with Gasteiger partial charge >= 0.3 is 0 Å². The second-order valence-corrected chi connectivity index (χ2v) is 5.72. The Morgan fingerprint density at radius 1 is 1.13 bits per heavy atom. The summed E-state index contributed by atoms with van der Waals surface area (Å²) in [6.07, 6.45) is 5.17. The van der Waals surface area contributed by atoms with Gasteiger partial charge in [-0.15, -0.1) is 0 Å². The topological polar surface area (TPSA) is 42.4 Å². The molecule has 0 spiro atoms. The molecular formula is C19H22N2O2. The summed E-state index contributed by atoms with van der Waals surface area (Å²) in [5.74, 6) is 0.762. The van der Waals surface area contributed by atoms with Crippen molar-refractivity contribution in [2.24, 2.45) is 0 Å². The maximum Gasteiger partial charge on any atom is 0.253 e. The van der Waals surface area contributed by atoms with Crippen LogP contribution in [-0.4, -0.2) is 35.5 Å². The Labute approximate surface area is 137 Å². The Bertz CT molecular complexity index is 661. The molecule has 1 saturated heterocycles. The number of carbonyl (C=O) groups is 1. The highest BCUT2D eigenvalue weighted by molar-refractivity contribution is 5.94. The molecule has 0 radical (unpaired) electrons. The highest BCUT2D eigenvalue weighted by Gasteiger charge is 2.18. The van der Waals surface area contributed by atoms with Crippen molar-refractivity contribution >= 4 is 5.91 Å². The lowest BCUT2D eigenvalue weighted by atomic mass is 10.0. The van der Waals surface area contributed by atoms with Crippen LogP contribution in [0.15, 0.2) is 42.6 Å². The number of rotatable bonds is 4. The van der Waals surface area contributed by atoms with Gasteiger partial charge in [0.15, 0.2) is 0 Å². The van der Waals surface area contributed by atoms with E-state index < -0.39 is 0 Å². The van der Waals surface area contributed by atoms with Gasteiger partial charge in [0.1, 0.15) is 0 Å². The molecule has 2 aromatic rings. The van der Waals surface area contributed by atoms with Gasteiger partial charge in [-0.05, 0) is 56.0 Å². The fourth-order valence-electron chi connectivity index (χ4n) is 2.93. The Balaban J connectivity index is 1.80. The first-order valence-corrected chi connectivity index (χ1v) is 8.27. The first-order chi connectivity index (χ1) is 11.3. The van der Waals surface area contributed by atoms with Gasteiger partial charge in [0, 0.05) is 30.4 Å². The summed E-state index contributed by atoms with van der Waals surface area (Å²) < 4.78 is 5.58. The molecular weight excluding hydrogens is 288 g/mol. The van der Waals surface area contributed by atoms with Crippen LogP contribution in [0.5, 0.6) is 5.88 Å². The molecule has 3 rings (SSSR count). The number of piperidine rings is 1. The lowest BCUT2D eigenvalue weighted by Crippen LogP contribution is -2.35. The summed E-state index contributed by atoms with van der Waals surface area (Å²) in [4.78, 5) is 18.7. The van der Waals surface area contributed by atoms with Crippen LogP contribution in [0.3, 0.4) is 0 Å². The number of hydrogen-bond acceptors (Lipinski definition) is 3.